The quantitative estimate of drug-likeness (QED) is 0.235. The lowest BCUT2D eigenvalue weighted by molar-refractivity contribution is 0.0331. The summed E-state index contributed by atoms with van der Waals surface area (Å²) in [6, 6.07) is 12.5. The van der Waals surface area contributed by atoms with Crippen molar-refractivity contribution < 1.29 is 4.74 Å². The summed E-state index contributed by atoms with van der Waals surface area (Å²) < 4.78 is 5.47. The van der Waals surface area contributed by atoms with Crippen LogP contribution in [0.2, 0.25) is 0 Å². The summed E-state index contributed by atoms with van der Waals surface area (Å²) in [5.74, 6) is 3.63. The van der Waals surface area contributed by atoms with Crippen LogP contribution in [-0.2, 0) is 11.3 Å². The van der Waals surface area contributed by atoms with Crippen LogP contribution in [0.5, 0.6) is 0 Å². The van der Waals surface area contributed by atoms with Crippen LogP contribution in [0.1, 0.15) is 37.7 Å². The average Bonchev–Trinajstić information content (AvgIpc) is 3.04. The zero-order chi connectivity index (χ0) is 28.8. The van der Waals surface area contributed by atoms with Gasteiger partial charge in [0.2, 0.25) is 5.95 Å². The third kappa shape index (κ3) is 10.3. The number of anilines is 3. The molecule has 5 rings (SSSR count). The third-order valence-corrected chi connectivity index (χ3v) is 9.09. The maximum atomic E-state index is 6.21. The predicted octanol–water partition coefficient (Wildman–Crippen LogP) is 2.50. The van der Waals surface area contributed by atoms with Crippen LogP contribution < -0.4 is 26.6 Å². The molecule has 3 fully saturated rings. The molecule has 0 amide bonds. The summed E-state index contributed by atoms with van der Waals surface area (Å²) >= 11 is 0. The van der Waals surface area contributed by atoms with E-state index in [0.29, 0.717) is 17.7 Å². The number of hydrogen-bond donors (Lipinski definition) is 4. The maximum absolute atomic E-state index is 6.21. The van der Waals surface area contributed by atoms with Crippen LogP contribution in [0.4, 0.5) is 17.6 Å². The molecule has 10 heteroatoms. The van der Waals surface area contributed by atoms with E-state index in [9.17, 15) is 0 Å². The molecule has 0 bridgehead atoms. The third-order valence-electron chi connectivity index (χ3n) is 9.09. The largest absolute Gasteiger partial charge is 0.383 e. The van der Waals surface area contributed by atoms with Crippen molar-refractivity contribution in [3.63, 3.8) is 0 Å². The molecule has 0 spiro atoms. The molecule has 2 aliphatic heterocycles. The van der Waals surface area contributed by atoms with Crippen molar-refractivity contribution in [2.24, 2.45) is 11.8 Å². The molecular weight excluding hydrogens is 526 g/mol. The molecule has 1 aromatic heterocycles. The normalized spacial score (nSPS) is 22.3. The lowest BCUT2D eigenvalue weighted by Crippen LogP contribution is -2.49. The molecule has 2 aromatic rings. The van der Waals surface area contributed by atoms with Gasteiger partial charge in [0, 0.05) is 71.5 Å². The Kier molecular flexibility index (Phi) is 12.5. The number of aromatic nitrogens is 2. The topological polar surface area (TPSA) is 107 Å². The number of rotatable bonds is 15. The Morgan fingerprint density at radius 3 is 2.19 bits per heavy atom. The zero-order valence-corrected chi connectivity index (χ0v) is 25.5. The standard InChI is InChI=1S/C32H53N9O/c33-30-23-31(41-17-15-39(16-18-41)13-14-40-19-21-42-22-20-40)38-32(37-30)36-26-29-9-7-28(8-10-29)25-35-12-4-11-34-24-27-5-2-1-3-6-27/h1-3,5-6,23,28-29,34-35H,4,7-22,24-26H2,(H3,33,36,37,38)/t28-,29-. The molecule has 0 unspecified atom stereocenters. The molecule has 42 heavy (non-hydrogen) atoms. The van der Waals surface area contributed by atoms with Gasteiger partial charge >= 0.3 is 0 Å². The summed E-state index contributed by atoms with van der Waals surface area (Å²) in [4.78, 5) is 16.8. The smallest absolute Gasteiger partial charge is 0.226 e. The van der Waals surface area contributed by atoms with Gasteiger partial charge in [-0.25, -0.2) is 0 Å². The predicted molar refractivity (Wildman–Crippen MR) is 172 cm³/mol. The second kappa shape index (κ2) is 17.0. The summed E-state index contributed by atoms with van der Waals surface area (Å²) in [6.45, 7) is 15.3. The van der Waals surface area contributed by atoms with Crippen molar-refractivity contribution in [1.29, 1.82) is 0 Å². The number of nitrogen functional groups attached to an aromatic ring is 1. The Bertz CT molecular complexity index is 1020. The molecule has 1 aromatic carbocycles. The molecule has 5 N–H and O–H groups in total. The van der Waals surface area contributed by atoms with Gasteiger partial charge in [-0.2, -0.15) is 9.97 Å². The van der Waals surface area contributed by atoms with E-state index < -0.39 is 0 Å². The molecule has 1 aliphatic carbocycles. The van der Waals surface area contributed by atoms with Crippen molar-refractivity contribution in [3.8, 4) is 0 Å². The fourth-order valence-electron chi connectivity index (χ4n) is 6.35. The fourth-order valence-corrected chi connectivity index (χ4v) is 6.35. The van der Waals surface area contributed by atoms with Crippen molar-refractivity contribution in [2.45, 2.75) is 38.6 Å². The highest BCUT2D eigenvalue weighted by molar-refractivity contribution is 5.51. The number of hydrogen-bond acceptors (Lipinski definition) is 10. The second-order valence-electron chi connectivity index (χ2n) is 12.2. The van der Waals surface area contributed by atoms with Gasteiger partial charge in [-0.05, 0) is 69.1 Å². The highest BCUT2D eigenvalue weighted by atomic mass is 16.5. The first-order valence-electron chi connectivity index (χ1n) is 16.3. The summed E-state index contributed by atoms with van der Waals surface area (Å²) in [5.41, 5.74) is 7.56. The Morgan fingerprint density at radius 2 is 1.45 bits per heavy atom. The second-order valence-corrected chi connectivity index (χ2v) is 12.2. The number of nitrogens with one attached hydrogen (secondary N) is 3. The SMILES string of the molecule is Nc1cc(N2CCN(CCN3CCOCC3)CC2)nc(NC[C@H]2CC[C@H](CNCCCNCc3ccccc3)CC2)n1. The van der Waals surface area contributed by atoms with E-state index in [2.05, 4.69) is 66.0 Å². The first-order valence-corrected chi connectivity index (χ1v) is 16.3. The van der Waals surface area contributed by atoms with Crippen LogP contribution in [0.25, 0.3) is 0 Å². The van der Waals surface area contributed by atoms with Crippen molar-refractivity contribution in [3.05, 3.63) is 42.0 Å². The number of ether oxygens (including phenoxy) is 1. The van der Waals surface area contributed by atoms with Gasteiger partial charge in [0.15, 0.2) is 0 Å². The molecular formula is C32H53N9O. The van der Waals surface area contributed by atoms with Gasteiger partial charge in [0.25, 0.3) is 0 Å². The van der Waals surface area contributed by atoms with E-state index in [1.54, 1.807) is 0 Å². The molecule has 0 atom stereocenters. The van der Waals surface area contributed by atoms with Gasteiger partial charge in [-0.15, -0.1) is 0 Å². The van der Waals surface area contributed by atoms with Gasteiger partial charge in [-0.3, -0.25) is 9.80 Å². The van der Waals surface area contributed by atoms with Gasteiger partial charge in [0.1, 0.15) is 11.6 Å². The van der Waals surface area contributed by atoms with E-state index in [-0.39, 0.29) is 0 Å². The summed E-state index contributed by atoms with van der Waals surface area (Å²) in [6.07, 6.45) is 6.28. The zero-order valence-electron chi connectivity index (χ0n) is 25.5. The van der Waals surface area contributed by atoms with E-state index >= 15 is 0 Å². The van der Waals surface area contributed by atoms with Crippen LogP contribution in [-0.4, -0.2) is 112 Å². The minimum absolute atomic E-state index is 0.544. The van der Waals surface area contributed by atoms with Crippen LogP contribution in [0, 0.1) is 11.8 Å². The van der Waals surface area contributed by atoms with Crippen molar-refractivity contribution >= 4 is 17.6 Å². The van der Waals surface area contributed by atoms with Gasteiger partial charge in [-0.1, -0.05) is 30.3 Å². The van der Waals surface area contributed by atoms with Crippen LogP contribution in [0.3, 0.4) is 0 Å². The Hall–Kier alpha value is -2.50. The minimum Gasteiger partial charge on any atom is -0.383 e. The molecule has 1 saturated carbocycles. The van der Waals surface area contributed by atoms with Crippen LogP contribution >= 0.6 is 0 Å². The Labute approximate surface area is 252 Å². The number of nitrogens with two attached hydrogens (primary N) is 1. The van der Waals surface area contributed by atoms with Crippen molar-refractivity contribution in [2.75, 3.05) is 108 Å². The highest BCUT2D eigenvalue weighted by Gasteiger charge is 2.23. The van der Waals surface area contributed by atoms with Gasteiger partial charge in [0.05, 0.1) is 13.2 Å². The lowest BCUT2D eigenvalue weighted by Gasteiger charge is -2.37. The number of nitrogens with zero attached hydrogens (tertiary/aromatic N) is 5. The first-order chi connectivity index (χ1) is 20.7. The van der Waals surface area contributed by atoms with Crippen molar-refractivity contribution in [1.82, 2.24) is 30.4 Å². The average molecular weight is 580 g/mol. The molecule has 2 saturated heterocycles. The highest BCUT2D eigenvalue weighted by Crippen LogP contribution is 2.29. The van der Waals surface area contributed by atoms with E-state index in [1.807, 2.05) is 6.07 Å². The number of piperazine rings is 1. The minimum atomic E-state index is 0.544. The van der Waals surface area contributed by atoms with E-state index in [1.165, 1.54) is 37.7 Å². The number of benzene rings is 1. The fraction of sp³-hybridized carbons (Fsp3) is 0.688. The molecule has 3 aliphatic rings. The van der Waals surface area contributed by atoms with Crippen LogP contribution in [0.15, 0.2) is 36.4 Å². The first kappa shape index (κ1) is 30.9. The Balaban J connectivity index is 0.933. The number of morpholine rings is 1. The molecule has 0 radical (unpaired) electrons. The molecule has 232 valence electrons. The van der Waals surface area contributed by atoms with E-state index in [0.717, 1.165) is 110 Å². The maximum Gasteiger partial charge on any atom is 0.226 e. The molecule has 10 nitrogen and oxygen atoms in total. The summed E-state index contributed by atoms with van der Waals surface area (Å²) in [5, 5.41) is 10.8. The summed E-state index contributed by atoms with van der Waals surface area (Å²) in [7, 11) is 0. The lowest BCUT2D eigenvalue weighted by atomic mass is 9.82. The van der Waals surface area contributed by atoms with E-state index in [4.69, 9.17) is 15.5 Å². The van der Waals surface area contributed by atoms with Gasteiger partial charge < -0.3 is 31.3 Å². The monoisotopic (exact) mass is 579 g/mol. The molecule has 3 heterocycles. The Morgan fingerprint density at radius 1 is 0.786 bits per heavy atom.